The lowest BCUT2D eigenvalue weighted by atomic mass is 10.4. The summed E-state index contributed by atoms with van der Waals surface area (Å²) < 4.78 is 1.65. The van der Waals surface area contributed by atoms with E-state index in [1.54, 1.807) is 16.4 Å². The summed E-state index contributed by atoms with van der Waals surface area (Å²) in [5.74, 6) is 3.56. The molecule has 64 valence electrons. The monoisotopic (exact) mass is 182 g/mol. The Morgan fingerprint density at radius 1 is 1.67 bits per heavy atom. The van der Waals surface area contributed by atoms with E-state index in [2.05, 4.69) is 21.4 Å². The van der Waals surface area contributed by atoms with Crippen LogP contribution in [0.5, 0.6) is 0 Å². The van der Waals surface area contributed by atoms with Gasteiger partial charge in [-0.05, 0) is 16.8 Å². The fourth-order valence-electron chi connectivity index (χ4n) is 0.681. The fraction of sp³-hybridized carbons (Fsp3) is 0.571. The van der Waals surface area contributed by atoms with Gasteiger partial charge in [0, 0.05) is 19.2 Å². The molecule has 0 radical (unpaired) electrons. The third kappa shape index (κ3) is 2.55. The predicted molar refractivity (Wildman–Crippen MR) is 47.6 cm³/mol. The van der Waals surface area contributed by atoms with E-state index in [0.717, 1.165) is 23.8 Å². The van der Waals surface area contributed by atoms with Crippen LogP contribution in [-0.4, -0.2) is 26.0 Å². The predicted octanol–water partition coefficient (Wildman–Crippen LogP) is 0.716. The van der Waals surface area contributed by atoms with Crippen molar-refractivity contribution in [2.75, 3.05) is 5.75 Å². The smallest absolute Gasteiger partial charge is 0.209 e. The number of hydrogen-bond acceptors (Lipinski definition) is 4. The van der Waals surface area contributed by atoms with Crippen LogP contribution in [0, 0.1) is 12.3 Å². The first-order chi connectivity index (χ1) is 5.84. The highest BCUT2D eigenvalue weighted by Gasteiger charge is 2.00. The minimum Gasteiger partial charge on any atom is -0.224 e. The number of aromatic nitrogens is 4. The van der Waals surface area contributed by atoms with Gasteiger partial charge in [-0.15, -0.1) is 17.4 Å². The van der Waals surface area contributed by atoms with Gasteiger partial charge >= 0.3 is 0 Å². The summed E-state index contributed by atoms with van der Waals surface area (Å²) in [5.41, 5.74) is 0. The third-order valence-electron chi connectivity index (χ3n) is 1.28. The molecule has 5 heteroatoms. The van der Waals surface area contributed by atoms with Crippen molar-refractivity contribution >= 4 is 11.8 Å². The highest BCUT2D eigenvalue weighted by molar-refractivity contribution is 7.99. The lowest BCUT2D eigenvalue weighted by molar-refractivity contribution is 0.664. The van der Waals surface area contributed by atoms with Gasteiger partial charge in [0.2, 0.25) is 5.16 Å². The average Bonchev–Trinajstić information content (AvgIpc) is 2.46. The van der Waals surface area contributed by atoms with Gasteiger partial charge in [-0.1, -0.05) is 11.8 Å². The number of unbranched alkanes of at least 4 members (excludes halogenated alkanes) is 1. The number of tetrazole rings is 1. The molecule has 0 aliphatic carbocycles. The van der Waals surface area contributed by atoms with Crippen molar-refractivity contribution in [3.8, 4) is 12.3 Å². The van der Waals surface area contributed by atoms with Gasteiger partial charge in [0.1, 0.15) is 0 Å². The summed E-state index contributed by atoms with van der Waals surface area (Å²) in [4.78, 5) is 0. The van der Waals surface area contributed by atoms with Crippen molar-refractivity contribution in [1.29, 1.82) is 0 Å². The molecule has 0 atom stereocenters. The molecule has 1 aromatic rings. The summed E-state index contributed by atoms with van der Waals surface area (Å²) >= 11 is 1.62. The molecule has 4 nitrogen and oxygen atoms in total. The molecule has 1 heterocycles. The molecule has 0 amide bonds. The standard InChI is InChI=1S/C7H10N4S/c1-3-4-5-6-12-7-8-9-10-11(7)2/h1H,4-6H2,2H3. The molecule has 0 unspecified atom stereocenters. The molecule has 0 aliphatic heterocycles. The van der Waals surface area contributed by atoms with Crippen LogP contribution in [0.1, 0.15) is 12.8 Å². The molecule has 0 spiro atoms. The molecule has 0 saturated carbocycles. The Bertz CT molecular complexity index is 275. The van der Waals surface area contributed by atoms with Crippen molar-refractivity contribution < 1.29 is 0 Å². The number of thioether (sulfide) groups is 1. The molecule has 1 rings (SSSR count). The van der Waals surface area contributed by atoms with E-state index in [-0.39, 0.29) is 0 Å². The zero-order valence-corrected chi connectivity index (χ0v) is 7.71. The molecule has 0 aliphatic rings. The third-order valence-corrected chi connectivity index (χ3v) is 2.37. The van der Waals surface area contributed by atoms with E-state index >= 15 is 0 Å². The number of nitrogens with zero attached hydrogens (tertiary/aromatic N) is 4. The van der Waals surface area contributed by atoms with E-state index in [0.29, 0.717) is 0 Å². The maximum atomic E-state index is 5.11. The summed E-state index contributed by atoms with van der Waals surface area (Å²) in [6, 6.07) is 0. The fourth-order valence-corrected chi connectivity index (χ4v) is 1.47. The molecular weight excluding hydrogens is 172 g/mol. The topological polar surface area (TPSA) is 43.6 Å². The number of aryl methyl sites for hydroxylation is 1. The zero-order valence-electron chi connectivity index (χ0n) is 6.90. The van der Waals surface area contributed by atoms with Crippen LogP contribution in [0.25, 0.3) is 0 Å². The maximum Gasteiger partial charge on any atom is 0.209 e. The quantitative estimate of drug-likeness (QED) is 0.391. The van der Waals surface area contributed by atoms with Crippen LogP contribution in [0.15, 0.2) is 5.16 Å². The molecular formula is C7H10N4S. The lowest BCUT2D eigenvalue weighted by Gasteiger charge is -1.95. The van der Waals surface area contributed by atoms with Gasteiger partial charge in [-0.25, -0.2) is 4.68 Å². The number of terminal acetylenes is 1. The SMILES string of the molecule is C#CCCCSc1nnnn1C. The van der Waals surface area contributed by atoms with Crippen molar-refractivity contribution in [1.82, 2.24) is 20.2 Å². The van der Waals surface area contributed by atoms with Gasteiger partial charge < -0.3 is 0 Å². The Morgan fingerprint density at radius 2 is 2.50 bits per heavy atom. The van der Waals surface area contributed by atoms with Crippen LogP contribution in [0.3, 0.4) is 0 Å². The highest BCUT2D eigenvalue weighted by Crippen LogP contribution is 2.13. The highest BCUT2D eigenvalue weighted by atomic mass is 32.2. The normalized spacial score (nSPS) is 9.67. The minimum atomic E-state index is 0.818. The Morgan fingerprint density at radius 3 is 3.08 bits per heavy atom. The summed E-state index contributed by atoms with van der Waals surface area (Å²) in [6.45, 7) is 0. The molecule has 12 heavy (non-hydrogen) atoms. The van der Waals surface area contributed by atoms with Crippen molar-refractivity contribution in [2.24, 2.45) is 7.05 Å². The second-order valence-corrected chi connectivity index (χ2v) is 3.30. The van der Waals surface area contributed by atoms with Crippen molar-refractivity contribution in [3.05, 3.63) is 0 Å². The first-order valence-corrected chi connectivity index (χ1v) is 4.62. The zero-order chi connectivity index (χ0) is 8.81. The Labute approximate surface area is 75.7 Å². The molecule has 1 aromatic heterocycles. The van der Waals surface area contributed by atoms with Crippen LogP contribution >= 0.6 is 11.8 Å². The molecule has 0 saturated heterocycles. The lowest BCUT2D eigenvalue weighted by Crippen LogP contribution is -1.93. The Hall–Kier alpha value is -1.02. The van der Waals surface area contributed by atoms with Crippen LogP contribution in [0.2, 0.25) is 0 Å². The summed E-state index contributed by atoms with van der Waals surface area (Å²) in [6.07, 6.45) is 6.94. The first kappa shape index (κ1) is 9.07. The second-order valence-electron chi connectivity index (χ2n) is 2.24. The molecule has 0 fully saturated rings. The van der Waals surface area contributed by atoms with E-state index in [1.165, 1.54) is 0 Å². The van der Waals surface area contributed by atoms with E-state index < -0.39 is 0 Å². The number of hydrogen-bond donors (Lipinski definition) is 0. The largest absolute Gasteiger partial charge is 0.224 e. The molecule has 0 bridgehead atoms. The number of rotatable bonds is 4. The molecule has 0 aromatic carbocycles. The van der Waals surface area contributed by atoms with Gasteiger partial charge in [0.15, 0.2) is 0 Å². The second kappa shape index (κ2) is 4.78. The van der Waals surface area contributed by atoms with Gasteiger partial charge in [-0.2, -0.15) is 0 Å². The minimum absolute atomic E-state index is 0.818. The Balaban J connectivity index is 2.25. The van der Waals surface area contributed by atoms with Gasteiger partial charge in [-0.3, -0.25) is 0 Å². The van der Waals surface area contributed by atoms with Gasteiger partial charge in [0.05, 0.1) is 0 Å². The van der Waals surface area contributed by atoms with Gasteiger partial charge in [0.25, 0.3) is 0 Å². The van der Waals surface area contributed by atoms with Crippen LogP contribution in [-0.2, 0) is 7.05 Å². The van der Waals surface area contributed by atoms with Crippen LogP contribution < -0.4 is 0 Å². The molecule has 0 N–H and O–H groups in total. The maximum absolute atomic E-state index is 5.11. The summed E-state index contributed by atoms with van der Waals surface area (Å²) in [7, 11) is 1.82. The van der Waals surface area contributed by atoms with E-state index in [1.807, 2.05) is 7.05 Å². The Kier molecular flexibility index (Phi) is 3.61. The summed E-state index contributed by atoms with van der Waals surface area (Å²) in [5, 5.41) is 11.9. The van der Waals surface area contributed by atoms with E-state index in [4.69, 9.17) is 6.42 Å². The van der Waals surface area contributed by atoms with Crippen molar-refractivity contribution in [3.63, 3.8) is 0 Å². The first-order valence-electron chi connectivity index (χ1n) is 3.63. The van der Waals surface area contributed by atoms with E-state index in [9.17, 15) is 0 Å². The average molecular weight is 182 g/mol. The van der Waals surface area contributed by atoms with Crippen molar-refractivity contribution in [2.45, 2.75) is 18.0 Å². The van der Waals surface area contributed by atoms with Crippen LogP contribution in [0.4, 0.5) is 0 Å².